The van der Waals surface area contributed by atoms with Gasteiger partial charge in [-0.1, -0.05) is 11.6 Å². The van der Waals surface area contributed by atoms with Crippen LogP contribution in [0, 0.1) is 0 Å². The van der Waals surface area contributed by atoms with E-state index in [-0.39, 0.29) is 17.1 Å². The molecule has 154 valence electrons. The minimum absolute atomic E-state index is 0.0536. The maximum absolute atomic E-state index is 12.7. The summed E-state index contributed by atoms with van der Waals surface area (Å²) in [6.07, 6.45) is 5.30. The molecule has 0 fully saturated rings. The average molecular weight is 398 g/mol. The number of allylic oxidation sites excluding steroid dienone is 3. The zero-order valence-corrected chi connectivity index (χ0v) is 17.3. The number of methoxy groups -OCH3 is 3. The lowest BCUT2D eigenvalue weighted by Gasteiger charge is -2.12. The molecule has 0 aromatic heterocycles. The molecule has 2 N–H and O–H groups in total. The number of carbonyl (C=O) groups is 1. The maximum atomic E-state index is 12.7. The number of benzene rings is 2. The molecule has 6 nitrogen and oxygen atoms in total. The summed E-state index contributed by atoms with van der Waals surface area (Å²) < 4.78 is 15.9. The van der Waals surface area contributed by atoms with Crippen molar-refractivity contribution in [3.63, 3.8) is 0 Å². The van der Waals surface area contributed by atoms with Crippen LogP contribution < -0.4 is 14.2 Å². The second-order valence-electron chi connectivity index (χ2n) is 6.63. The summed E-state index contributed by atoms with van der Waals surface area (Å²) in [5, 5.41) is 20.2. The fourth-order valence-corrected chi connectivity index (χ4v) is 2.74. The highest BCUT2D eigenvalue weighted by Crippen LogP contribution is 2.35. The van der Waals surface area contributed by atoms with E-state index in [1.807, 2.05) is 19.9 Å². The van der Waals surface area contributed by atoms with Gasteiger partial charge in [0.15, 0.2) is 17.3 Å². The van der Waals surface area contributed by atoms with Crippen molar-refractivity contribution >= 4 is 11.9 Å². The molecule has 0 amide bonds. The van der Waals surface area contributed by atoms with E-state index in [2.05, 4.69) is 0 Å². The number of ether oxygens (including phenoxy) is 3. The molecule has 6 heteroatoms. The van der Waals surface area contributed by atoms with Crippen LogP contribution in [0.25, 0.3) is 6.08 Å². The van der Waals surface area contributed by atoms with Crippen molar-refractivity contribution in [1.29, 1.82) is 0 Å². The van der Waals surface area contributed by atoms with Gasteiger partial charge in [-0.15, -0.1) is 0 Å². The Balaban J connectivity index is 2.38. The molecule has 0 spiro atoms. The predicted molar refractivity (Wildman–Crippen MR) is 112 cm³/mol. The molecular formula is C23H26O6. The first kappa shape index (κ1) is 21.9. The van der Waals surface area contributed by atoms with E-state index in [4.69, 9.17) is 14.2 Å². The largest absolute Gasteiger partial charge is 0.508 e. The number of hydrogen-bond donors (Lipinski definition) is 2. The van der Waals surface area contributed by atoms with Gasteiger partial charge in [0, 0.05) is 17.7 Å². The molecule has 0 aliphatic rings. The van der Waals surface area contributed by atoms with Gasteiger partial charge in [-0.2, -0.15) is 0 Å². The molecule has 0 aliphatic heterocycles. The van der Waals surface area contributed by atoms with E-state index in [1.165, 1.54) is 39.5 Å². The summed E-state index contributed by atoms with van der Waals surface area (Å²) in [5.41, 5.74) is 2.37. The first-order chi connectivity index (χ1) is 13.8. The van der Waals surface area contributed by atoms with Gasteiger partial charge < -0.3 is 24.4 Å². The molecule has 0 aliphatic carbocycles. The smallest absolute Gasteiger partial charge is 0.189 e. The zero-order chi connectivity index (χ0) is 21.6. The van der Waals surface area contributed by atoms with Gasteiger partial charge in [-0.05, 0) is 50.1 Å². The number of phenols is 2. The maximum Gasteiger partial charge on any atom is 0.189 e. The Bertz CT molecular complexity index is 952. The van der Waals surface area contributed by atoms with E-state index in [1.54, 1.807) is 18.2 Å². The average Bonchev–Trinajstić information content (AvgIpc) is 2.70. The van der Waals surface area contributed by atoms with Crippen LogP contribution in [-0.4, -0.2) is 37.3 Å². The van der Waals surface area contributed by atoms with E-state index >= 15 is 0 Å². The van der Waals surface area contributed by atoms with Crippen molar-refractivity contribution in [1.82, 2.24) is 0 Å². The third-order valence-electron chi connectivity index (χ3n) is 4.34. The lowest BCUT2D eigenvalue weighted by Crippen LogP contribution is -1.98. The summed E-state index contributed by atoms with van der Waals surface area (Å²) in [6.45, 7) is 3.89. The highest BCUT2D eigenvalue weighted by molar-refractivity contribution is 6.09. The van der Waals surface area contributed by atoms with Crippen LogP contribution in [0.15, 0.2) is 42.0 Å². The summed E-state index contributed by atoms with van der Waals surface area (Å²) in [6, 6.07) is 6.05. The quantitative estimate of drug-likeness (QED) is 0.386. The number of rotatable bonds is 8. The minimum Gasteiger partial charge on any atom is -0.508 e. The summed E-state index contributed by atoms with van der Waals surface area (Å²) in [5.74, 6) is 0.771. The Morgan fingerprint density at radius 3 is 2.10 bits per heavy atom. The second-order valence-corrected chi connectivity index (χ2v) is 6.63. The van der Waals surface area contributed by atoms with Crippen LogP contribution in [0.2, 0.25) is 0 Å². The number of ketones is 1. The standard InChI is InChI=1S/C23H26O6/c1-14(2)6-7-15-10-17(20(26)12-19(15)25)18(24)9-8-16-11-22(28-4)23(29-5)13-21(16)27-3/h6,8-13,25-26H,7H2,1-5H3/b9-8+. The molecule has 0 atom stereocenters. The van der Waals surface area contributed by atoms with Gasteiger partial charge in [-0.25, -0.2) is 0 Å². The van der Waals surface area contributed by atoms with Gasteiger partial charge in [0.25, 0.3) is 0 Å². The Kier molecular flexibility index (Phi) is 7.31. The first-order valence-electron chi connectivity index (χ1n) is 9.01. The summed E-state index contributed by atoms with van der Waals surface area (Å²) >= 11 is 0. The van der Waals surface area contributed by atoms with Crippen molar-refractivity contribution < 1.29 is 29.2 Å². The molecule has 0 saturated heterocycles. The molecule has 2 aromatic rings. The molecule has 0 bridgehead atoms. The van der Waals surface area contributed by atoms with E-state index in [0.29, 0.717) is 34.8 Å². The lowest BCUT2D eigenvalue weighted by molar-refractivity contribution is 0.104. The Hall–Kier alpha value is -3.41. The highest BCUT2D eigenvalue weighted by Gasteiger charge is 2.14. The fourth-order valence-electron chi connectivity index (χ4n) is 2.74. The molecular weight excluding hydrogens is 372 g/mol. The number of phenolic OH excluding ortho intramolecular Hbond substituents is 2. The van der Waals surface area contributed by atoms with Crippen molar-refractivity contribution in [2.45, 2.75) is 20.3 Å². The number of aromatic hydroxyl groups is 2. The molecule has 0 radical (unpaired) electrons. The minimum atomic E-state index is -0.405. The van der Waals surface area contributed by atoms with Gasteiger partial charge in [0.2, 0.25) is 0 Å². The third kappa shape index (κ3) is 5.31. The Morgan fingerprint density at radius 1 is 0.897 bits per heavy atom. The topological polar surface area (TPSA) is 85.2 Å². The van der Waals surface area contributed by atoms with Crippen molar-refractivity contribution in [3.8, 4) is 28.7 Å². The van der Waals surface area contributed by atoms with Crippen LogP contribution in [-0.2, 0) is 6.42 Å². The van der Waals surface area contributed by atoms with Gasteiger partial charge in [0.05, 0.1) is 26.9 Å². The lowest BCUT2D eigenvalue weighted by atomic mass is 10.0. The SMILES string of the molecule is COc1cc(OC)c(OC)cc1/C=C/C(=O)c1cc(CC=C(C)C)c(O)cc1O. The zero-order valence-electron chi connectivity index (χ0n) is 17.3. The van der Waals surface area contributed by atoms with E-state index in [0.717, 1.165) is 5.57 Å². The monoisotopic (exact) mass is 398 g/mol. The van der Waals surface area contributed by atoms with Crippen molar-refractivity contribution in [3.05, 3.63) is 58.7 Å². The van der Waals surface area contributed by atoms with Gasteiger partial charge in [-0.3, -0.25) is 4.79 Å². The normalized spacial score (nSPS) is 10.7. The summed E-state index contributed by atoms with van der Waals surface area (Å²) in [4.78, 5) is 12.7. The molecule has 29 heavy (non-hydrogen) atoms. The number of carbonyl (C=O) groups excluding carboxylic acids is 1. The molecule has 0 heterocycles. The van der Waals surface area contributed by atoms with Crippen LogP contribution in [0.3, 0.4) is 0 Å². The molecule has 2 aromatic carbocycles. The Labute approximate surface area is 170 Å². The second kappa shape index (κ2) is 9.68. The van der Waals surface area contributed by atoms with E-state index in [9.17, 15) is 15.0 Å². The Morgan fingerprint density at radius 2 is 1.52 bits per heavy atom. The molecule has 0 unspecified atom stereocenters. The van der Waals surface area contributed by atoms with Crippen LogP contribution in [0.1, 0.15) is 35.3 Å². The van der Waals surface area contributed by atoms with Gasteiger partial charge >= 0.3 is 0 Å². The number of hydrogen-bond acceptors (Lipinski definition) is 6. The van der Waals surface area contributed by atoms with Gasteiger partial charge in [0.1, 0.15) is 17.2 Å². The first-order valence-corrected chi connectivity index (χ1v) is 9.01. The fraction of sp³-hybridized carbons (Fsp3) is 0.261. The van der Waals surface area contributed by atoms with Crippen LogP contribution in [0.4, 0.5) is 0 Å². The van der Waals surface area contributed by atoms with E-state index < -0.39 is 5.78 Å². The predicted octanol–water partition coefficient (Wildman–Crippen LogP) is 4.53. The molecule has 0 saturated carbocycles. The van der Waals surface area contributed by atoms with Crippen molar-refractivity contribution in [2.75, 3.05) is 21.3 Å². The third-order valence-corrected chi connectivity index (χ3v) is 4.34. The van der Waals surface area contributed by atoms with Crippen molar-refractivity contribution in [2.24, 2.45) is 0 Å². The van der Waals surface area contributed by atoms with Crippen LogP contribution in [0.5, 0.6) is 28.7 Å². The highest BCUT2D eigenvalue weighted by atomic mass is 16.5. The van der Waals surface area contributed by atoms with Crippen LogP contribution >= 0.6 is 0 Å². The summed E-state index contributed by atoms with van der Waals surface area (Å²) in [7, 11) is 4.56. The molecule has 2 rings (SSSR count).